The average Bonchev–Trinajstić information content (AvgIpc) is 3.05. The molecule has 0 amide bonds. The van der Waals surface area contributed by atoms with E-state index in [1.165, 1.54) is 13.8 Å². The predicted octanol–water partition coefficient (Wildman–Crippen LogP) is 0.616. The first-order chi connectivity index (χ1) is 19.4. The fourth-order valence-electron chi connectivity index (χ4n) is 12.0. The second-order valence-electron chi connectivity index (χ2n) is 15.5. The number of hydrogen-bond donors (Lipinski definition) is 5. The van der Waals surface area contributed by atoms with Gasteiger partial charge in [-0.2, -0.15) is 0 Å². The minimum atomic E-state index is -2.08. The molecule has 4 aliphatic carbocycles. The van der Waals surface area contributed by atoms with Gasteiger partial charge in [0.1, 0.15) is 22.4 Å². The first kappa shape index (κ1) is 29.4. The van der Waals surface area contributed by atoms with Crippen LogP contribution in [0, 0.1) is 29.1 Å². The summed E-state index contributed by atoms with van der Waals surface area (Å²) in [4.78, 5) is 26.8. The van der Waals surface area contributed by atoms with Gasteiger partial charge in [-0.3, -0.25) is 14.5 Å². The van der Waals surface area contributed by atoms with Crippen LogP contribution in [0.25, 0.3) is 0 Å². The Balaban J connectivity index is 1.38. The van der Waals surface area contributed by atoms with Crippen molar-refractivity contribution in [1.29, 1.82) is 0 Å². The third kappa shape index (κ3) is 3.07. The number of carbonyl (C=O) groups excluding carboxylic acids is 2. The van der Waals surface area contributed by atoms with Gasteiger partial charge >= 0.3 is 11.9 Å². The number of hydrogen-bond acceptors (Lipinski definition) is 11. The molecule has 236 valence electrons. The van der Waals surface area contributed by atoms with E-state index in [0.717, 1.165) is 6.42 Å². The number of aliphatic hydroxyl groups excluding tert-OH is 1. The van der Waals surface area contributed by atoms with E-state index in [9.17, 15) is 35.1 Å². The highest BCUT2D eigenvalue weighted by Gasteiger charge is 2.89. The van der Waals surface area contributed by atoms with Gasteiger partial charge in [0.15, 0.2) is 6.10 Å². The molecular weight excluding hydrogens is 546 g/mol. The largest absolute Gasteiger partial charge is 0.456 e. The first-order valence-corrected chi connectivity index (χ1v) is 15.8. The third-order valence-corrected chi connectivity index (χ3v) is 13.6. The summed E-state index contributed by atoms with van der Waals surface area (Å²) >= 11 is 0. The van der Waals surface area contributed by atoms with Crippen molar-refractivity contribution in [2.45, 2.75) is 138 Å². The van der Waals surface area contributed by atoms with E-state index in [1.54, 1.807) is 6.92 Å². The summed E-state index contributed by atoms with van der Waals surface area (Å²) < 4.78 is 18.7. The van der Waals surface area contributed by atoms with Gasteiger partial charge in [-0.05, 0) is 51.4 Å². The van der Waals surface area contributed by atoms with Crippen LogP contribution in [-0.4, -0.2) is 108 Å². The molecule has 0 aromatic carbocycles. The van der Waals surface area contributed by atoms with E-state index < -0.39 is 81.2 Å². The Kier molecular flexibility index (Phi) is 5.92. The van der Waals surface area contributed by atoms with Crippen LogP contribution >= 0.6 is 0 Å². The molecule has 7 aliphatic rings. The van der Waals surface area contributed by atoms with Crippen molar-refractivity contribution in [3.05, 3.63) is 0 Å². The minimum absolute atomic E-state index is 0.0756. The lowest BCUT2D eigenvalue weighted by atomic mass is 9.49. The molecule has 0 aromatic heterocycles. The summed E-state index contributed by atoms with van der Waals surface area (Å²) in [7, 11) is 0. The number of piperidine rings is 2. The minimum Gasteiger partial charge on any atom is -0.456 e. The number of nitrogens with zero attached hydrogens (tertiary/aromatic N) is 1. The van der Waals surface area contributed by atoms with Crippen LogP contribution in [-0.2, 0) is 23.8 Å². The van der Waals surface area contributed by atoms with E-state index in [2.05, 4.69) is 11.8 Å². The van der Waals surface area contributed by atoms with Crippen LogP contribution in [0.4, 0.5) is 0 Å². The molecule has 11 heteroatoms. The number of rotatable bonds is 2. The van der Waals surface area contributed by atoms with Crippen molar-refractivity contribution in [3.63, 3.8) is 0 Å². The lowest BCUT2D eigenvalue weighted by Crippen LogP contribution is -2.85. The molecule has 7 fully saturated rings. The van der Waals surface area contributed by atoms with E-state index in [-0.39, 0.29) is 25.3 Å². The molecule has 0 radical (unpaired) electrons. The smallest absolute Gasteiger partial charge is 0.305 e. The average molecular weight is 594 g/mol. The van der Waals surface area contributed by atoms with Crippen molar-refractivity contribution in [3.8, 4) is 0 Å². The zero-order valence-corrected chi connectivity index (χ0v) is 25.3. The van der Waals surface area contributed by atoms with Crippen molar-refractivity contribution in [2.24, 2.45) is 29.1 Å². The monoisotopic (exact) mass is 593 g/mol. The van der Waals surface area contributed by atoms with E-state index in [1.807, 2.05) is 6.92 Å². The summed E-state index contributed by atoms with van der Waals surface area (Å²) in [5.74, 6) is -4.44. The Morgan fingerprint density at radius 1 is 0.881 bits per heavy atom. The van der Waals surface area contributed by atoms with Gasteiger partial charge in [-0.15, -0.1) is 0 Å². The number of carbonyl (C=O) groups is 2. The summed E-state index contributed by atoms with van der Waals surface area (Å²) in [6, 6.07) is -0.401. The zero-order valence-electron chi connectivity index (χ0n) is 25.3. The Bertz CT molecular complexity index is 1210. The molecule has 0 aromatic rings. The molecule has 4 bridgehead atoms. The van der Waals surface area contributed by atoms with Crippen LogP contribution < -0.4 is 0 Å². The van der Waals surface area contributed by atoms with Gasteiger partial charge in [-0.1, -0.05) is 13.8 Å². The molecule has 7 rings (SSSR count). The molecule has 0 unspecified atom stereocenters. The highest BCUT2D eigenvalue weighted by atomic mass is 16.8. The second-order valence-corrected chi connectivity index (χ2v) is 15.5. The Morgan fingerprint density at radius 3 is 2.24 bits per heavy atom. The lowest BCUT2D eigenvalue weighted by Gasteiger charge is -2.68. The lowest BCUT2D eigenvalue weighted by molar-refractivity contribution is -0.354. The van der Waals surface area contributed by atoms with E-state index in [4.69, 9.17) is 14.2 Å². The highest BCUT2D eigenvalue weighted by Crippen LogP contribution is 2.78. The third-order valence-electron chi connectivity index (χ3n) is 13.6. The van der Waals surface area contributed by atoms with Gasteiger partial charge in [-0.25, -0.2) is 0 Å². The standard InChI is InChI=1S/C31H47NO10/c1-16-6-9-22-26(5,36)30(39)21(14-32(22)13-16)28(38)15-29-20(27(28,37)12-23(30)35)8-7-19-25(29,4)11-10-24(40-17(2)33)31(19,42-29)41-18(3)34/h16,19-24,35-39H,6-15H2,1-5H3/t16-,19-,20-,21-,22-,23-,24+,25-,26+,27+,28+,29-,30-,31+/m0/s1. The van der Waals surface area contributed by atoms with Crippen molar-refractivity contribution < 1.29 is 49.3 Å². The Morgan fingerprint density at radius 2 is 1.57 bits per heavy atom. The maximum atomic E-state index is 13.0. The highest BCUT2D eigenvalue weighted by molar-refractivity contribution is 5.68. The summed E-state index contributed by atoms with van der Waals surface area (Å²) in [5.41, 5.74) is -9.50. The summed E-state index contributed by atoms with van der Waals surface area (Å²) in [6.07, 6.45) is 0.601. The maximum absolute atomic E-state index is 13.0. The fraction of sp³-hybridized carbons (Fsp3) is 0.935. The Labute approximate surface area is 246 Å². The van der Waals surface area contributed by atoms with Gasteiger partial charge < -0.3 is 39.7 Å². The predicted molar refractivity (Wildman–Crippen MR) is 145 cm³/mol. The van der Waals surface area contributed by atoms with Crippen LogP contribution in [0.3, 0.4) is 0 Å². The van der Waals surface area contributed by atoms with Gasteiger partial charge in [0.05, 0.1) is 11.7 Å². The van der Waals surface area contributed by atoms with Gasteiger partial charge in [0, 0.05) is 69.0 Å². The van der Waals surface area contributed by atoms with Crippen LogP contribution in [0.1, 0.15) is 86.0 Å². The molecule has 1 spiro atoms. The van der Waals surface area contributed by atoms with E-state index >= 15 is 0 Å². The quantitative estimate of drug-likeness (QED) is 0.285. The van der Waals surface area contributed by atoms with Gasteiger partial charge in [0.25, 0.3) is 5.79 Å². The van der Waals surface area contributed by atoms with E-state index in [0.29, 0.717) is 44.6 Å². The number of ether oxygens (including phenoxy) is 3. The molecule has 5 N–H and O–H groups in total. The van der Waals surface area contributed by atoms with Crippen LogP contribution in [0.15, 0.2) is 0 Å². The second kappa shape index (κ2) is 8.47. The van der Waals surface area contributed by atoms with Crippen molar-refractivity contribution in [2.75, 3.05) is 13.1 Å². The van der Waals surface area contributed by atoms with Crippen LogP contribution in [0.2, 0.25) is 0 Å². The summed E-state index contributed by atoms with van der Waals surface area (Å²) in [5, 5.41) is 61.9. The van der Waals surface area contributed by atoms with Gasteiger partial charge in [0.2, 0.25) is 0 Å². The van der Waals surface area contributed by atoms with Crippen molar-refractivity contribution >= 4 is 11.9 Å². The molecule has 42 heavy (non-hydrogen) atoms. The molecule has 14 atom stereocenters. The molecule has 3 heterocycles. The molecule has 11 nitrogen and oxygen atoms in total. The molecule has 4 saturated carbocycles. The number of esters is 2. The Hall–Kier alpha value is -1.34. The molecule has 3 aliphatic heterocycles. The van der Waals surface area contributed by atoms with Crippen LogP contribution in [0.5, 0.6) is 0 Å². The normalized spacial score (nSPS) is 59.6. The first-order valence-electron chi connectivity index (χ1n) is 15.8. The van der Waals surface area contributed by atoms with Crippen molar-refractivity contribution in [1.82, 2.24) is 4.90 Å². The number of fused-ring (bicyclic) bond motifs is 5. The summed E-state index contributed by atoms with van der Waals surface area (Å²) in [6.45, 7) is 9.20. The maximum Gasteiger partial charge on any atom is 0.305 e. The molecular formula is C31H47NO10. The topological polar surface area (TPSA) is 166 Å². The SMILES string of the molecule is CC(=O)O[C@@H]1CC[C@@]2(C)[C@@H]3CC[C@H]4[C@]5(O)C[C@H](O)[C@@]6(O)[C@@H](CN7C[C@@H](C)CC[C@H]7[C@@]6(C)O)[C@]5(O)C[C@]42O[C@]31OC(C)=O. The fourth-order valence-corrected chi connectivity index (χ4v) is 12.0. The zero-order chi connectivity index (χ0) is 30.5. The molecule has 3 saturated heterocycles. The number of aliphatic hydroxyl groups is 5.